The summed E-state index contributed by atoms with van der Waals surface area (Å²) in [4.78, 5) is 27.6. The summed E-state index contributed by atoms with van der Waals surface area (Å²) in [7, 11) is 0. The van der Waals surface area contributed by atoms with Crippen LogP contribution >= 0.6 is 0 Å². The molecule has 1 atom stereocenters. The molecule has 0 fully saturated rings. The fraction of sp³-hybridized carbons (Fsp3) is 0.188. The molecule has 0 unspecified atom stereocenters. The molecule has 0 radical (unpaired) electrons. The van der Waals surface area contributed by atoms with Crippen LogP contribution in [0.2, 0.25) is 0 Å². The summed E-state index contributed by atoms with van der Waals surface area (Å²) in [5.74, 6) is -1.16. The van der Waals surface area contributed by atoms with Crippen molar-refractivity contribution in [3.05, 3.63) is 66.0 Å². The Bertz CT molecular complexity index is 617. The Morgan fingerprint density at radius 3 is 2.45 bits per heavy atom. The molecule has 1 heterocycles. The number of benzene rings is 1. The second-order valence-corrected chi connectivity index (χ2v) is 4.54. The fourth-order valence-corrected chi connectivity index (χ4v) is 1.75. The van der Waals surface area contributed by atoms with Gasteiger partial charge in [0.15, 0.2) is 6.04 Å². The van der Waals surface area contributed by atoms with Crippen molar-refractivity contribution in [2.45, 2.75) is 12.6 Å². The van der Waals surface area contributed by atoms with Crippen molar-refractivity contribution in [3.8, 4) is 0 Å². The standard InChI is InChI=1S/C16H16N2O4/c19-10-14(18-15(20)13-6-8-17-9-7-13)16(21)22-11-12-4-2-1-3-5-12/h1-9,14,19H,10-11H2,(H,18,20)/t14-/m0/s1. The van der Waals surface area contributed by atoms with Gasteiger partial charge in [-0.05, 0) is 17.7 Å². The molecule has 0 aliphatic rings. The van der Waals surface area contributed by atoms with E-state index in [1.165, 1.54) is 24.5 Å². The molecule has 0 saturated carbocycles. The second-order valence-electron chi connectivity index (χ2n) is 4.54. The van der Waals surface area contributed by atoms with Gasteiger partial charge in [-0.2, -0.15) is 0 Å². The number of ether oxygens (including phenoxy) is 1. The van der Waals surface area contributed by atoms with Crippen molar-refractivity contribution < 1.29 is 19.4 Å². The van der Waals surface area contributed by atoms with Gasteiger partial charge in [0, 0.05) is 18.0 Å². The maximum atomic E-state index is 11.9. The van der Waals surface area contributed by atoms with Crippen molar-refractivity contribution in [2.75, 3.05) is 6.61 Å². The Morgan fingerprint density at radius 1 is 1.14 bits per heavy atom. The third-order valence-electron chi connectivity index (χ3n) is 2.94. The maximum absolute atomic E-state index is 11.9. The first kappa shape index (κ1) is 15.7. The van der Waals surface area contributed by atoms with Crippen molar-refractivity contribution in [1.82, 2.24) is 10.3 Å². The van der Waals surface area contributed by atoms with Crippen LogP contribution in [0.5, 0.6) is 0 Å². The SMILES string of the molecule is O=C(N[C@@H](CO)C(=O)OCc1ccccc1)c1ccncc1. The molecule has 2 aromatic rings. The average molecular weight is 300 g/mol. The Kier molecular flexibility index (Phi) is 5.62. The monoisotopic (exact) mass is 300 g/mol. The first-order valence-corrected chi connectivity index (χ1v) is 6.73. The number of esters is 1. The van der Waals surface area contributed by atoms with Crippen molar-refractivity contribution in [2.24, 2.45) is 0 Å². The summed E-state index contributed by atoms with van der Waals surface area (Å²) >= 11 is 0. The number of nitrogens with zero attached hydrogens (tertiary/aromatic N) is 1. The molecule has 1 amide bonds. The highest BCUT2D eigenvalue weighted by Crippen LogP contribution is 2.03. The number of nitrogens with one attached hydrogen (secondary N) is 1. The highest BCUT2D eigenvalue weighted by atomic mass is 16.5. The van der Waals surface area contributed by atoms with Gasteiger partial charge in [-0.1, -0.05) is 30.3 Å². The van der Waals surface area contributed by atoms with Gasteiger partial charge in [0.25, 0.3) is 5.91 Å². The van der Waals surface area contributed by atoms with Crippen LogP contribution in [0.4, 0.5) is 0 Å². The first-order valence-electron chi connectivity index (χ1n) is 6.73. The molecule has 0 bridgehead atoms. The van der Waals surface area contributed by atoms with Crippen LogP contribution in [-0.2, 0) is 16.1 Å². The van der Waals surface area contributed by atoms with E-state index in [1.807, 2.05) is 30.3 Å². The third-order valence-corrected chi connectivity index (χ3v) is 2.94. The van der Waals surface area contributed by atoms with Crippen LogP contribution in [0.25, 0.3) is 0 Å². The van der Waals surface area contributed by atoms with E-state index >= 15 is 0 Å². The Hall–Kier alpha value is -2.73. The van der Waals surface area contributed by atoms with Crippen LogP contribution in [0.1, 0.15) is 15.9 Å². The third kappa shape index (κ3) is 4.39. The van der Waals surface area contributed by atoms with E-state index in [9.17, 15) is 14.7 Å². The van der Waals surface area contributed by atoms with Crippen LogP contribution in [0, 0.1) is 0 Å². The van der Waals surface area contributed by atoms with Gasteiger partial charge in [0.1, 0.15) is 6.61 Å². The molecule has 1 aromatic carbocycles. The quantitative estimate of drug-likeness (QED) is 0.774. The number of aliphatic hydroxyl groups excluding tert-OH is 1. The number of pyridine rings is 1. The minimum Gasteiger partial charge on any atom is -0.459 e. The number of aliphatic hydroxyl groups is 1. The van der Waals surface area contributed by atoms with Gasteiger partial charge in [-0.25, -0.2) is 4.79 Å². The topological polar surface area (TPSA) is 88.5 Å². The lowest BCUT2D eigenvalue weighted by Gasteiger charge is -2.15. The molecule has 0 aliphatic heterocycles. The Morgan fingerprint density at radius 2 is 1.82 bits per heavy atom. The molecule has 0 spiro atoms. The number of hydrogen-bond acceptors (Lipinski definition) is 5. The molecule has 0 saturated heterocycles. The van der Waals surface area contributed by atoms with E-state index in [0.29, 0.717) is 5.56 Å². The second kappa shape index (κ2) is 7.90. The van der Waals surface area contributed by atoms with Crippen molar-refractivity contribution >= 4 is 11.9 Å². The van der Waals surface area contributed by atoms with Crippen LogP contribution in [0.15, 0.2) is 54.9 Å². The number of amides is 1. The number of rotatable bonds is 6. The predicted octanol–water partition coefficient (Wildman–Crippen LogP) is 0.916. The normalized spacial score (nSPS) is 11.5. The molecule has 6 heteroatoms. The zero-order valence-electron chi connectivity index (χ0n) is 11.8. The highest BCUT2D eigenvalue weighted by molar-refractivity contribution is 5.96. The molecule has 114 valence electrons. The van der Waals surface area contributed by atoms with Crippen molar-refractivity contribution in [3.63, 3.8) is 0 Å². The van der Waals surface area contributed by atoms with E-state index < -0.39 is 24.5 Å². The molecule has 1 aromatic heterocycles. The van der Waals surface area contributed by atoms with Crippen LogP contribution < -0.4 is 5.32 Å². The van der Waals surface area contributed by atoms with Crippen molar-refractivity contribution in [1.29, 1.82) is 0 Å². The van der Waals surface area contributed by atoms with E-state index in [4.69, 9.17) is 4.74 Å². The van der Waals surface area contributed by atoms with Crippen LogP contribution in [0.3, 0.4) is 0 Å². The lowest BCUT2D eigenvalue weighted by molar-refractivity contribution is -0.148. The van der Waals surface area contributed by atoms with E-state index in [2.05, 4.69) is 10.3 Å². The highest BCUT2D eigenvalue weighted by Gasteiger charge is 2.22. The summed E-state index contributed by atoms with van der Waals surface area (Å²) in [6.07, 6.45) is 2.94. The molecule has 6 nitrogen and oxygen atoms in total. The first-order chi connectivity index (χ1) is 10.7. The number of hydrogen-bond donors (Lipinski definition) is 2. The lowest BCUT2D eigenvalue weighted by Crippen LogP contribution is -2.44. The van der Waals surface area contributed by atoms with Gasteiger partial charge in [-0.15, -0.1) is 0 Å². The number of carbonyl (C=O) groups is 2. The van der Waals surface area contributed by atoms with Gasteiger partial charge < -0.3 is 15.2 Å². The summed E-state index contributed by atoms with van der Waals surface area (Å²) in [6.45, 7) is -0.453. The molecule has 0 aliphatic carbocycles. The zero-order chi connectivity index (χ0) is 15.8. The smallest absolute Gasteiger partial charge is 0.331 e. The maximum Gasteiger partial charge on any atom is 0.331 e. The fourth-order valence-electron chi connectivity index (χ4n) is 1.75. The van der Waals surface area contributed by atoms with Gasteiger partial charge in [0.2, 0.25) is 0 Å². The Balaban J connectivity index is 1.90. The number of aromatic nitrogens is 1. The zero-order valence-corrected chi connectivity index (χ0v) is 11.8. The summed E-state index contributed by atoms with van der Waals surface area (Å²) < 4.78 is 5.09. The largest absolute Gasteiger partial charge is 0.459 e. The predicted molar refractivity (Wildman–Crippen MR) is 78.8 cm³/mol. The Labute approximate surface area is 127 Å². The molecule has 2 rings (SSSR count). The minimum atomic E-state index is -1.11. The van der Waals surface area contributed by atoms with E-state index in [0.717, 1.165) is 5.56 Å². The van der Waals surface area contributed by atoms with Gasteiger partial charge >= 0.3 is 5.97 Å². The summed E-state index contributed by atoms with van der Waals surface area (Å²) in [6, 6.07) is 11.1. The summed E-state index contributed by atoms with van der Waals surface area (Å²) in [5.41, 5.74) is 1.18. The molecule has 2 N–H and O–H groups in total. The van der Waals surface area contributed by atoms with E-state index in [-0.39, 0.29) is 6.61 Å². The number of carbonyl (C=O) groups excluding carboxylic acids is 2. The molecular weight excluding hydrogens is 284 g/mol. The molecule has 22 heavy (non-hydrogen) atoms. The molecular formula is C16H16N2O4. The average Bonchev–Trinajstić information content (AvgIpc) is 2.59. The lowest BCUT2D eigenvalue weighted by atomic mass is 10.2. The van der Waals surface area contributed by atoms with Gasteiger partial charge in [0.05, 0.1) is 6.61 Å². The minimum absolute atomic E-state index is 0.0846. The van der Waals surface area contributed by atoms with Crippen LogP contribution in [-0.4, -0.2) is 34.6 Å². The van der Waals surface area contributed by atoms with Gasteiger partial charge in [-0.3, -0.25) is 9.78 Å². The van der Waals surface area contributed by atoms with E-state index in [1.54, 1.807) is 0 Å². The summed E-state index contributed by atoms with van der Waals surface area (Å²) in [5, 5.41) is 11.7.